The lowest BCUT2D eigenvalue weighted by atomic mass is 10.2. The zero-order valence-electron chi connectivity index (χ0n) is 9.85. The first kappa shape index (κ1) is 13.9. The second-order valence-corrected chi connectivity index (χ2v) is 6.33. The van der Waals surface area contributed by atoms with Crippen molar-refractivity contribution in [3.8, 4) is 0 Å². The molecule has 2 heterocycles. The number of hydrogen-bond donors (Lipinski definition) is 3. The number of nitrogens with one attached hydrogen (secondary N) is 1. The van der Waals surface area contributed by atoms with Crippen LogP contribution in [-0.4, -0.2) is 25.1 Å². The third-order valence-electron chi connectivity index (χ3n) is 2.48. The summed E-state index contributed by atoms with van der Waals surface area (Å²) in [7, 11) is -3.77. The summed E-state index contributed by atoms with van der Waals surface area (Å²) in [6, 6.07) is 4.59. The fourth-order valence-corrected chi connectivity index (χ4v) is 3.30. The van der Waals surface area contributed by atoms with E-state index in [0.29, 0.717) is 5.56 Å². The molecule has 6 nitrogen and oxygen atoms in total. The monoisotopic (exact) mass is 299 g/mol. The van der Waals surface area contributed by atoms with Crippen LogP contribution in [0, 0.1) is 0 Å². The molecule has 0 radical (unpaired) electrons. The molecule has 0 bridgehead atoms. The normalized spacial score (nSPS) is 13.3. The average molecular weight is 299 g/mol. The summed E-state index contributed by atoms with van der Waals surface area (Å²) in [6.07, 6.45) is 0.521. The maximum atomic E-state index is 12.0. The highest BCUT2D eigenvalue weighted by molar-refractivity contribution is 7.89. The van der Waals surface area contributed by atoms with Crippen LogP contribution < -0.4 is 10.5 Å². The number of hydrogen-bond acceptors (Lipinski definition) is 6. The van der Waals surface area contributed by atoms with E-state index in [9.17, 15) is 13.5 Å². The molecule has 0 fully saturated rings. The van der Waals surface area contributed by atoms with Gasteiger partial charge in [0.1, 0.15) is 10.7 Å². The molecule has 19 heavy (non-hydrogen) atoms. The summed E-state index contributed by atoms with van der Waals surface area (Å²) in [5.41, 5.74) is 6.19. The van der Waals surface area contributed by atoms with E-state index in [2.05, 4.69) is 9.71 Å². The molecule has 0 amide bonds. The number of nitrogens with two attached hydrogens (primary N) is 1. The predicted molar refractivity (Wildman–Crippen MR) is 73.1 cm³/mol. The van der Waals surface area contributed by atoms with Gasteiger partial charge in [0.15, 0.2) is 0 Å². The number of rotatable bonds is 5. The number of aliphatic hydroxyl groups excluding tert-OH is 1. The van der Waals surface area contributed by atoms with E-state index < -0.39 is 16.1 Å². The molecule has 1 unspecified atom stereocenters. The Balaban J connectivity index is 2.09. The lowest BCUT2D eigenvalue weighted by Crippen LogP contribution is -2.29. The molecule has 0 aliphatic carbocycles. The Bertz CT molecular complexity index is 641. The van der Waals surface area contributed by atoms with E-state index in [4.69, 9.17) is 5.73 Å². The van der Waals surface area contributed by atoms with Crippen molar-refractivity contribution in [2.75, 3.05) is 12.3 Å². The minimum atomic E-state index is -3.77. The van der Waals surface area contributed by atoms with Gasteiger partial charge in [0, 0.05) is 12.7 Å². The highest BCUT2D eigenvalue weighted by Crippen LogP contribution is 2.18. The molecular formula is C11H13N3O3S2. The maximum absolute atomic E-state index is 12.0. The number of pyridine rings is 1. The highest BCUT2D eigenvalue weighted by Gasteiger charge is 2.19. The van der Waals surface area contributed by atoms with E-state index in [0.717, 1.165) is 0 Å². The van der Waals surface area contributed by atoms with E-state index in [1.54, 1.807) is 11.4 Å². The summed E-state index contributed by atoms with van der Waals surface area (Å²) in [5, 5.41) is 13.4. The Morgan fingerprint density at radius 2 is 2.26 bits per heavy atom. The summed E-state index contributed by atoms with van der Waals surface area (Å²) in [4.78, 5) is 3.63. The van der Waals surface area contributed by atoms with Crippen LogP contribution in [0.4, 0.5) is 5.82 Å². The Hall–Kier alpha value is -1.48. The van der Waals surface area contributed by atoms with E-state index in [1.165, 1.54) is 29.7 Å². The van der Waals surface area contributed by atoms with Gasteiger partial charge in [0.2, 0.25) is 10.0 Å². The Labute approximate surface area is 115 Å². The molecule has 1 atom stereocenters. The first-order valence-electron chi connectivity index (χ1n) is 5.41. The minimum Gasteiger partial charge on any atom is -0.387 e. The summed E-state index contributed by atoms with van der Waals surface area (Å²) in [6.45, 7) is -0.118. The van der Waals surface area contributed by atoms with Crippen LogP contribution in [0.2, 0.25) is 0 Å². The smallest absolute Gasteiger partial charge is 0.244 e. The molecule has 102 valence electrons. The van der Waals surface area contributed by atoms with E-state index >= 15 is 0 Å². The van der Waals surface area contributed by atoms with Crippen LogP contribution in [0.25, 0.3) is 0 Å². The summed E-state index contributed by atoms with van der Waals surface area (Å²) in [5.74, 6) is -0.0694. The number of thiophene rings is 1. The van der Waals surface area contributed by atoms with Gasteiger partial charge in [0.05, 0.1) is 6.10 Å². The lowest BCUT2D eigenvalue weighted by molar-refractivity contribution is 0.182. The first-order valence-corrected chi connectivity index (χ1v) is 7.83. The molecule has 0 aliphatic rings. The molecule has 4 N–H and O–H groups in total. The topological polar surface area (TPSA) is 105 Å². The number of aliphatic hydroxyl groups is 1. The molecule has 8 heteroatoms. The van der Waals surface area contributed by atoms with Gasteiger partial charge < -0.3 is 10.8 Å². The standard InChI is InChI=1S/C11H13N3O3S2/c12-11-10(2-1-4-13-11)19(16,17)14-6-9(15)8-3-5-18-7-8/h1-5,7,9,14-15H,6H2,(H2,12,13). The zero-order valence-corrected chi connectivity index (χ0v) is 11.5. The maximum Gasteiger partial charge on any atom is 0.244 e. The number of nitrogen functional groups attached to an aromatic ring is 1. The van der Waals surface area contributed by atoms with Gasteiger partial charge in [-0.1, -0.05) is 0 Å². The molecule has 2 aromatic heterocycles. The molecule has 2 aromatic rings. The first-order chi connectivity index (χ1) is 9.00. The van der Waals surface area contributed by atoms with Crippen molar-refractivity contribution in [3.05, 3.63) is 40.7 Å². The van der Waals surface area contributed by atoms with Crippen LogP contribution >= 0.6 is 11.3 Å². The SMILES string of the molecule is Nc1ncccc1S(=O)(=O)NCC(O)c1ccsc1. The van der Waals surface area contributed by atoms with Crippen LogP contribution in [-0.2, 0) is 10.0 Å². The second-order valence-electron chi connectivity index (χ2n) is 3.81. The number of aromatic nitrogens is 1. The Kier molecular flexibility index (Phi) is 4.15. The highest BCUT2D eigenvalue weighted by atomic mass is 32.2. The van der Waals surface area contributed by atoms with Gasteiger partial charge in [-0.2, -0.15) is 11.3 Å². The van der Waals surface area contributed by atoms with Crippen molar-refractivity contribution >= 4 is 27.2 Å². The van der Waals surface area contributed by atoms with Crippen molar-refractivity contribution < 1.29 is 13.5 Å². The van der Waals surface area contributed by atoms with Crippen molar-refractivity contribution in [3.63, 3.8) is 0 Å². The van der Waals surface area contributed by atoms with E-state index in [-0.39, 0.29) is 17.3 Å². The molecule has 0 aliphatic heterocycles. The minimum absolute atomic E-state index is 0.0694. The Morgan fingerprint density at radius 3 is 2.89 bits per heavy atom. The molecule has 0 spiro atoms. The number of anilines is 1. The van der Waals surface area contributed by atoms with Crippen molar-refractivity contribution in [1.29, 1.82) is 0 Å². The van der Waals surface area contributed by atoms with Crippen LogP contribution in [0.5, 0.6) is 0 Å². The molecular weight excluding hydrogens is 286 g/mol. The Morgan fingerprint density at radius 1 is 1.47 bits per heavy atom. The molecule has 0 saturated heterocycles. The van der Waals surface area contributed by atoms with Crippen molar-refractivity contribution in [1.82, 2.24) is 9.71 Å². The van der Waals surface area contributed by atoms with Crippen LogP contribution in [0.15, 0.2) is 40.1 Å². The van der Waals surface area contributed by atoms with Crippen molar-refractivity contribution in [2.24, 2.45) is 0 Å². The molecule has 2 rings (SSSR count). The number of nitrogens with zero attached hydrogens (tertiary/aromatic N) is 1. The van der Waals surface area contributed by atoms with Crippen LogP contribution in [0.1, 0.15) is 11.7 Å². The fourth-order valence-electron chi connectivity index (χ4n) is 1.48. The number of sulfonamides is 1. The van der Waals surface area contributed by atoms with Gasteiger partial charge >= 0.3 is 0 Å². The quantitative estimate of drug-likeness (QED) is 0.755. The van der Waals surface area contributed by atoms with Gasteiger partial charge in [-0.25, -0.2) is 18.1 Å². The van der Waals surface area contributed by atoms with Gasteiger partial charge in [-0.15, -0.1) is 0 Å². The van der Waals surface area contributed by atoms with Crippen LogP contribution in [0.3, 0.4) is 0 Å². The predicted octanol–water partition coefficient (Wildman–Crippen LogP) is 0.737. The second kappa shape index (κ2) is 5.66. The summed E-state index contributed by atoms with van der Waals surface area (Å²) < 4.78 is 26.3. The lowest BCUT2D eigenvalue weighted by Gasteiger charge is -2.11. The summed E-state index contributed by atoms with van der Waals surface area (Å²) >= 11 is 1.43. The average Bonchev–Trinajstić information content (AvgIpc) is 2.90. The van der Waals surface area contributed by atoms with E-state index in [1.807, 2.05) is 5.38 Å². The van der Waals surface area contributed by atoms with Gasteiger partial charge in [0.25, 0.3) is 0 Å². The molecule has 0 aromatic carbocycles. The third-order valence-corrected chi connectivity index (χ3v) is 4.66. The van der Waals surface area contributed by atoms with Gasteiger partial charge in [-0.05, 0) is 34.5 Å². The third kappa shape index (κ3) is 3.29. The largest absolute Gasteiger partial charge is 0.387 e. The fraction of sp³-hybridized carbons (Fsp3) is 0.182. The molecule has 0 saturated carbocycles. The zero-order chi connectivity index (χ0) is 13.9. The van der Waals surface area contributed by atoms with Gasteiger partial charge in [-0.3, -0.25) is 0 Å². The van der Waals surface area contributed by atoms with Crippen molar-refractivity contribution in [2.45, 2.75) is 11.0 Å².